The molecule has 0 unspecified atom stereocenters. The Hall–Kier alpha value is -1.82. The summed E-state index contributed by atoms with van der Waals surface area (Å²) in [6, 6.07) is 4.84. The van der Waals surface area contributed by atoms with E-state index in [9.17, 15) is 30.5 Å². The highest BCUT2D eigenvalue weighted by molar-refractivity contribution is 5.62. The van der Waals surface area contributed by atoms with Gasteiger partial charge in [0.05, 0.1) is 23.7 Å². The molecular formula is C22H36N4O6. The van der Waals surface area contributed by atoms with Crippen LogP contribution in [-0.2, 0) is 6.54 Å². The molecule has 0 amide bonds. The number of β-amino-alcohol motifs (C(OH)–C–C–N with tert-alkyl or cyclic N) is 1. The number of aliphatic hydroxyl groups is 4. The van der Waals surface area contributed by atoms with Crippen LogP contribution in [0.25, 0.3) is 0 Å². The van der Waals surface area contributed by atoms with Crippen LogP contribution in [0.1, 0.15) is 37.7 Å². The van der Waals surface area contributed by atoms with Crippen molar-refractivity contribution in [3.63, 3.8) is 0 Å². The van der Waals surface area contributed by atoms with Crippen molar-refractivity contribution in [2.45, 2.75) is 63.0 Å². The highest BCUT2D eigenvalue weighted by Gasteiger charge is 2.40. The van der Waals surface area contributed by atoms with E-state index in [4.69, 9.17) is 0 Å². The number of nitro groups is 1. The summed E-state index contributed by atoms with van der Waals surface area (Å²) >= 11 is 0. The number of nitrogens with zero attached hydrogens (tertiary/aromatic N) is 3. The molecule has 0 spiro atoms. The number of anilines is 1. The molecule has 32 heavy (non-hydrogen) atoms. The lowest BCUT2D eigenvalue weighted by atomic mass is 9.94. The van der Waals surface area contributed by atoms with Crippen molar-refractivity contribution >= 4 is 11.4 Å². The Labute approximate surface area is 188 Å². The monoisotopic (exact) mass is 452 g/mol. The van der Waals surface area contributed by atoms with Gasteiger partial charge in [-0.15, -0.1) is 0 Å². The van der Waals surface area contributed by atoms with Crippen molar-refractivity contribution in [2.24, 2.45) is 0 Å². The molecule has 1 aromatic carbocycles. The Bertz CT molecular complexity index is 747. The molecule has 0 radical (unpaired) electrons. The maximum absolute atomic E-state index is 11.5. The molecular weight excluding hydrogens is 416 g/mol. The van der Waals surface area contributed by atoms with Crippen LogP contribution < -0.4 is 5.32 Å². The summed E-state index contributed by atoms with van der Waals surface area (Å²) in [5.74, 6) is 0. The summed E-state index contributed by atoms with van der Waals surface area (Å²) in [4.78, 5) is 15.2. The van der Waals surface area contributed by atoms with Crippen LogP contribution in [0.15, 0.2) is 18.2 Å². The second-order valence-electron chi connectivity index (χ2n) is 8.87. The fourth-order valence-corrected chi connectivity index (χ4v) is 4.43. The number of piperidine rings is 1. The minimum absolute atomic E-state index is 0.113. The predicted molar refractivity (Wildman–Crippen MR) is 120 cm³/mol. The first-order valence-electron chi connectivity index (χ1n) is 11.5. The number of nitrogens with one attached hydrogen (secondary N) is 1. The molecule has 0 bridgehead atoms. The summed E-state index contributed by atoms with van der Waals surface area (Å²) < 4.78 is 0. The topological polar surface area (TPSA) is 143 Å². The van der Waals surface area contributed by atoms with E-state index in [0.29, 0.717) is 18.8 Å². The van der Waals surface area contributed by atoms with Gasteiger partial charge in [-0.1, -0.05) is 18.9 Å². The average molecular weight is 453 g/mol. The number of hydrogen-bond acceptors (Lipinski definition) is 9. The van der Waals surface area contributed by atoms with E-state index in [1.165, 1.54) is 6.42 Å². The van der Waals surface area contributed by atoms with Gasteiger partial charge in [-0.05, 0) is 50.5 Å². The third kappa shape index (κ3) is 6.37. The lowest BCUT2D eigenvalue weighted by Crippen LogP contribution is -2.62. The molecule has 4 atom stereocenters. The molecule has 10 nitrogen and oxygen atoms in total. The van der Waals surface area contributed by atoms with E-state index in [2.05, 4.69) is 10.2 Å². The van der Waals surface area contributed by atoms with Gasteiger partial charge in [0.2, 0.25) is 0 Å². The molecule has 5 N–H and O–H groups in total. The third-order valence-corrected chi connectivity index (χ3v) is 6.52. The largest absolute Gasteiger partial charge is 0.395 e. The lowest BCUT2D eigenvalue weighted by molar-refractivity contribution is -0.384. The molecule has 2 aliphatic heterocycles. The zero-order valence-electron chi connectivity index (χ0n) is 18.5. The first-order valence-corrected chi connectivity index (χ1v) is 11.5. The number of unbranched alkanes of at least 4 members (excludes halogenated alkanes) is 3. The number of hydrogen-bond donors (Lipinski definition) is 5. The quantitative estimate of drug-likeness (QED) is 0.174. The van der Waals surface area contributed by atoms with Crippen LogP contribution in [0.4, 0.5) is 11.4 Å². The van der Waals surface area contributed by atoms with Gasteiger partial charge in [0.25, 0.3) is 5.69 Å². The first kappa shape index (κ1) is 24.8. The van der Waals surface area contributed by atoms with Crippen molar-refractivity contribution in [3.8, 4) is 0 Å². The molecule has 180 valence electrons. The maximum Gasteiger partial charge on any atom is 0.292 e. The summed E-state index contributed by atoms with van der Waals surface area (Å²) in [7, 11) is 0. The van der Waals surface area contributed by atoms with Crippen LogP contribution in [-0.4, -0.2) is 98.8 Å². The van der Waals surface area contributed by atoms with E-state index in [1.54, 1.807) is 12.1 Å². The SMILES string of the molecule is O=[N+]([O-])c1cc(CN2CCC2)ccc1NCCCCCCN1C[C@H](O)[C@@H](O)[C@H](O)[C@H]1CO. The van der Waals surface area contributed by atoms with Crippen LogP contribution in [0.3, 0.4) is 0 Å². The smallest absolute Gasteiger partial charge is 0.292 e. The molecule has 2 heterocycles. The van der Waals surface area contributed by atoms with Crippen molar-refractivity contribution in [1.82, 2.24) is 9.80 Å². The van der Waals surface area contributed by atoms with E-state index in [1.807, 2.05) is 11.0 Å². The van der Waals surface area contributed by atoms with Crippen LogP contribution in [0, 0.1) is 10.1 Å². The Balaban J connectivity index is 1.37. The predicted octanol–water partition coefficient (Wildman–Crippen LogP) is 0.532. The van der Waals surface area contributed by atoms with Crippen molar-refractivity contribution in [1.29, 1.82) is 0 Å². The van der Waals surface area contributed by atoms with Crippen molar-refractivity contribution in [2.75, 3.05) is 44.6 Å². The molecule has 3 rings (SSSR count). The van der Waals surface area contributed by atoms with E-state index >= 15 is 0 Å². The van der Waals surface area contributed by atoms with Crippen LogP contribution in [0.2, 0.25) is 0 Å². The Kier molecular flexibility index (Phi) is 9.21. The zero-order valence-corrected chi connectivity index (χ0v) is 18.5. The molecule has 2 fully saturated rings. The molecule has 0 aromatic heterocycles. The number of nitro benzene ring substituents is 1. The fraction of sp³-hybridized carbons (Fsp3) is 0.727. The van der Waals surface area contributed by atoms with Crippen LogP contribution >= 0.6 is 0 Å². The van der Waals surface area contributed by atoms with Gasteiger partial charge in [-0.25, -0.2) is 0 Å². The molecule has 0 saturated carbocycles. The number of aliphatic hydroxyl groups excluding tert-OH is 4. The van der Waals surface area contributed by atoms with Gasteiger partial charge < -0.3 is 25.7 Å². The molecule has 10 heteroatoms. The fourth-order valence-electron chi connectivity index (χ4n) is 4.43. The van der Waals surface area contributed by atoms with Gasteiger partial charge in [-0.2, -0.15) is 0 Å². The van der Waals surface area contributed by atoms with Crippen molar-refractivity contribution < 1.29 is 25.3 Å². The summed E-state index contributed by atoms with van der Waals surface area (Å²) in [5, 5.41) is 53.8. The van der Waals surface area contributed by atoms with Gasteiger partial charge in [0.1, 0.15) is 17.9 Å². The highest BCUT2D eigenvalue weighted by atomic mass is 16.6. The highest BCUT2D eigenvalue weighted by Crippen LogP contribution is 2.27. The van der Waals surface area contributed by atoms with Gasteiger partial charge >= 0.3 is 0 Å². The molecule has 2 aliphatic rings. The standard InChI is InChI=1S/C22H36N4O6/c27-15-19-21(29)22(30)20(28)14-25(19)11-4-2-1-3-8-23-17-7-6-16(12-18(17)26(31)32)13-24-9-5-10-24/h6-7,12,19-23,27-30H,1-5,8-11,13-15H2/t19-,20+,21-,22-/m1/s1. The summed E-state index contributed by atoms with van der Waals surface area (Å²) in [5.41, 5.74) is 1.62. The number of rotatable bonds is 12. The first-order chi connectivity index (χ1) is 15.4. The second-order valence-corrected chi connectivity index (χ2v) is 8.87. The van der Waals surface area contributed by atoms with Crippen LogP contribution in [0.5, 0.6) is 0 Å². The molecule has 2 saturated heterocycles. The average Bonchev–Trinajstić information content (AvgIpc) is 2.74. The second kappa shape index (κ2) is 11.9. The Morgan fingerprint density at radius 2 is 1.84 bits per heavy atom. The summed E-state index contributed by atoms with van der Waals surface area (Å²) in [6.07, 6.45) is 1.31. The third-order valence-electron chi connectivity index (χ3n) is 6.52. The molecule has 1 aromatic rings. The van der Waals surface area contributed by atoms with Gasteiger partial charge in [-0.3, -0.25) is 19.9 Å². The van der Waals surface area contributed by atoms with Gasteiger partial charge in [0, 0.05) is 25.7 Å². The number of likely N-dealkylation sites (tertiary alicyclic amines) is 2. The van der Waals surface area contributed by atoms with E-state index in [-0.39, 0.29) is 23.8 Å². The number of benzene rings is 1. The van der Waals surface area contributed by atoms with E-state index in [0.717, 1.165) is 50.9 Å². The Morgan fingerprint density at radius 3 is 2.50 bits per heavy atom. The maximum atomic E-state index is 11.5. The minimum atomic E-state index is -1.23. The van der Waals surface area contributed by atoms with Crippen molar-refractivity contribution in [3.05, 3.63) is 33.9 Å². The molecule has 0 aliphatic carbocycles. The zero-order chi connectivity index (χ0) is 23.1. The van der Waals surface area contributed by atoms with Gasteiger partial charge in [0.15, 0.2) is 0 Å². The van der Waals surface area contributed by atoms with E-state index < -0.39 is 24.4 Å². The summed E-state index contributed by atoms with van der Waals surface area (Å²) in [6.45, 7) is 4.06. The lowest BCUT2D eigenvalue weighted by Gasteiger charge is -2.43. The normalized spacial score (nSPS) is 26.6. The minimum Gasteiger partial charge on any atom is -0.395 e. The Morgan fingerprint density at radius 1 is 1.09 bits per heavy atom.